The molecule has 0 atom stereocenters. The molecule has 0 N–H and O–H groups in total. The fraction of sp³-hybridized carbons (Fsp3) is 0.500. The summed E-state index contributed by atoms with van der Waals surface area (Å²) >= 11 is 0. The summed E-state index contributed by atoms with van der Waals surface area (Å²) in [6.45, 7) is 8.05. The lowest BCUT2D eigenvalue weighted by molar-refractivity contribution is 0.383. The minimum Gasteiger partial charge on any atom is -0.310 e. The van der Waals surface area contributed by atoms with Crippen molar-refractivity contribution in [3.63, 3.8) is 0 Å². The van der Waals surface area contributed by atoms with Gasteiger partial charge in [-0.3, -0.25) is 4.79 Å². The van der Waals surface area contributed by atoms with Gasteiger partial charge in [-0.05, 0) is 33.3 Å². The Morgan fingerprint density at radius 2 is 1.83 bits per heavy atom. The first-order valence-corrected chi connectivity index (χ1v) is 4.11. The van der Waals surface area contributed by atoms with Gasteiger partial charge in [-0.2, -0.15) is 0 Å². The van der Waals surface area contributed by atoms with Crippen molar-refractivity contribution in [2.24, 2.45) is 0 Å². The van der Waals surface area contributed by atoms with Gasteiger partial charge in [-0.1, -0.05) is 6.07 Å². The average Bonchev–Trinajstić information content (AvgIpc) is 1.92. The van der Waals surface area contributed by atoms with Crippen LogP contribution >= 0.6 is 0 Å². The largest absolute Gasteiger partial charge is 0.310 e. The highest BCUT2D eigenvalue weighted by Crippen LogP contribution is 2.10. The fourth-order valence-corrected chi connectivity index (χ4v) is 1.12. The first-order valence-electron chi connectivity index (χ1n) is 4.11. The zero-order valence-electron chi connectivity index (χ0n) is 8.09. The van der Waals surface area contributed by atoms with Gasteiger partial charge in [0.05, 0.1) is 0 Å². The van der Waals surface area contributed by atoms with Crippen LogP contribution in [0.5, 0.6) is 0 Å². The maximum atomic E-state index is 11.4. The van der Waals surface area contributed by atoms with Crippen molar-refractivity contribution in [1.29, 1.82) is 0 Å². The molecule has 0 fully saturated rings. The zero-order valence-corrected chi connectivity index (χ0v) is 8.09. The van der Waals surface area contributed by atoms with Crippen molar-refractivity contribution in [2.45, 2.75) is 33.2 Å². The first kappa shape index (κ1) is 9.04. The Bertz CT molecular complexity index is 330. The van der Waals surface area contributed by atoms with E-state index in [1.54, 1.807) is 10.6 Å². The number of hydrogen-bond donors (Lipinski definition) is 0. The molecule has 66 valence electrons. The second-order valence-electron chi connectivity index (χ2n) is 4.09. The second kappa shape index (κ2) is 2.77. The van der Waals surface area contributed by atoms with Gasteiger partial charge in [0.2, 0.25) is 0 Å². The molecule has 1 aromatic rings. The van der Waals surface area contributed by atoms with E-state index >= 15 is 0 Å². The lowest BCUT2D eigenvalue weighted by Gasteiger charge is -2.22. The molecular formula is C10H15NO. The molecule has 0 aliphatic carbocycles. The van der Waals surface area contributed by atoms with Gasteiger partial charge in [0.1, 0.15) is 0 Å². The van der Waals surface area contributed by atoms with Crippen LogP contribution in [-0.4, -0.2) is 4.57 Å². The Morgan fingerprint density at radius 1 is 1.25 bits per heavy atom. The molecule has 0 saturated carbocycles. The summed E-state index contributed by atoms with van der Waals surface area (Å²) in [7, 11) is 0. The molecule has 2 nitrogen and oxygen atoms in total. The van der Waals surface area contributed by atoms with E-state index in [4.69, 9.17) is 0 Å². The normalized spacial score (nSPS) is 11.7. The molecule has 0 aromatic carbocycles. The summed E-state index contributed by atoms with van der Waals surface area (Å²) in [6.07, 6.45) is 1.89. The van der Waals surface area contributed by atoms with Gasteiger partial charge < -0.3 is 4.57 Å². The van der Waals surface area contributed by atoms with Gasteiger partial charge in [0.15, 0.2) is 0 Å². The van der Waals surface area contributed by atoms with E-state index in [0.717, 1.165) is 5.56 Å². The van der Waals surface area contributed by atoms with Gasteiger partial charge in [-0.25, -0.2) is 0 Å². The van der Waals surface area contributed by atoms with Crippen LogP contribution in [0.15, 0.2) is 23.1 Å². The van der Waals surface area contributed by atoms with Crippen molar-refractivity contribution in [3.8, 4) is 0 Å². The SMILES string of the molecule is Cc1ccc(=O)n(C(C)(C)C)c1. The topological polar surface area (TPSA) is 22.0 Å². The van der Waals surface area contributed by atoms with Crippen LogP contribution in [0.4, 0.5) is 0 Å². The van der Waals surface area contributed by atoms with Crippen LogP contribution in [0.3, 0.4) is 0 Å². The predicted molar refractivity (Wildman–Crippen MR) is 50.4 cm³/mol. The smallest absolute Gasteiger partial charge is 0.251 e. The minimum atomic E-state index is -0.122. The summed E-state index contributed by atoms with van der Waals surface area (Å²) in [4.78, 5) is 11.4. The quantitative estimate of drug-likeness (QED) is 0.575. The van der Waals surface area contributed by atoms with Gasteiger partial charge >= 0.3 is 0 Å². The van der Waals surface area contributed by atoms with Crippen LogP contribution in [-0.2, 0) is 5.54 Å². The third-order valence-electron chi connectivity index (χ3n) is 1.78. The predicted octanol–water partition coefficient (Wildman–Crippen LogP) is 1.91. The van der Waals surface area contributed by atoms with Crippen LogP contribution in [0, 0.1) is 6.92 Å². The molecule has 0 aliphatic rings. The maximum Gasteiger partial charge on any atom is 0.251 e. The highest BCUT2D eigenvalue weighted by molar-refractivity contribution is 5.08. The Balaban J connectivity index is 3.33. The summed E-state index contributed by atoms with van der Waals surface area (Å²) < 4.78 is 1.75. The first-order chi connectivity index (χ1) is 5.41. The second-order valence-corrected chi connectivity index (χ2v) is 4.09. The molecule has 0 aliphatic heterocycles. The van der Waals surface area contributed by atoms with E-state index in [-0.39, 0.29) is 11.1 Å². The summed E-state index contributed by atoms with van der Waals surface area (Å²) in [6, 6.07) is 3.45. The lowest BCUT2D eigenvalue weighted by Crippen LogP contribution is -2.32. The van der Waals surface area contributed by atoms with E-state index < -0.39 is 0 Å². The molecule has 1 rings (SSSR count). The third-order valence-corrected chi connectivity index (χ3v) is 1.78. The van der Waals surface area contributed by atoms with Crippen LogP contribution in [0.25, 0.3) is 0 Å². The van der Waals surface area contributed by atoms with E-state index in [2.05, 4.69) is 0 Å². The van der Waals surface area contributed by atoms with Crippen molar-refractivity contribution in [2.75, 3.05) is 0 Å². The highest BCUT2D eigenvalue weighted by atomic mass is 16.1. The molecule has 0 saturated heterocycles. The van der Waals surface area contributed by atoms with Gasteiger partial charge in [-0.15, -0.1) is 0 Å². The number of aromatic nitrogens is 1. The average molecular weight is 165 g/mol. The van der Waals surface area contributed by atoms with Gasteiger partial charge in [0, 0.05) is 17.8 Å². The third kappa shape index (κ3) is 1.76. The van der Waals surface area contributed by atoms with Crippen LogP contribution in [0.2, 0.25) is 0 Å². The lowest BCUT2D eigenvalue weighted by atomic mass is 10.1. The molecule has 0 spiro atoms. The summed E-state index contributed by atoms with van der Waals surface area (Å²) in [5, 5.41) is 0. The molecule has 0 radical (unpaired) electrons. The van der Waals surface area contributed by atoms with E-state index in [9.17, 15) is 4.79 Å². The van der Waals surface area contributed by atoms with E-state index in [1.165, 1.54) is 0 Å². The molecule has 0 unspecified atom stereocenters. The molecule has 0 bridgehead atoms. The summed E-state index contributed by atoms with van der Waals surface area (Å²) in [5.74, 6) is 0. The van der Waals surface area contributed by atoms with Crippen molar-refractivity contribution in [1.82, 2.24) is 4.57 Å². The minimum absolute atomic E-state index is 0.0631. The van der Waals surface area contributed by atoms with E-state index in [1.807, 2.05) is 40.0 Å². The Hall–Kier alpha value is -1.05. The van der Waals surface area contributed by atoms with Crippen LogP contribution in [0.1, 0.15) is 26.3 Å². The molecule has 1 aromatic heterocycles. The maximum absolute atomic E-state index is 11.4. The molecule has 2 heteroatoms. The standard InChI is InChI=1S/C10H15NO/c1-8-5-6-9(12)11(7-8)10(2,3)4/h5-7H,1-4H3. The van der Waals surface area contributed by atoms with E-state index in [0.29, 0.717) is 0 Å². The van der Waals surface area contributed by atoms with Crippen molar-refractivity contribution in [3.05, 3.63) is 34.2 Å². The Kier molecular flexibility index (Phi) is 2.09. The summed E-state index contributed by atoms with van der Waals surface area (Å²) in [5.41, 5.74) is 1.06. The van der Waals surface area contributed by atoms with Gasteiger partial charge in [0.25, 0.3) is 5.56 Å². The highest BCUT2D eigenvalue weighted by Gasteiger charge is 2.13. The van der Waals surface area contributed by atoms with Crippen molar-refractivity contribution < 1.29 is 0 Å². The molecular weight excluding hydrogens is 150 g/mol. The number of aryl methyl sites for hydroxylation is 1. The Labute approximate surface area is 72.8 Å². The molecule has 0 amide bonds. The number of rotatable bonds is 0. The molecule has 12 heavy (non-hydrogen) atoms. The molecule has 1 heterocycles. The Morgan fingerprint density at radius 3 is 2.25 bits per heavy atom. The number of pyridine rings is 1. The monoisotopic (exact) mass is 165 g/mol. The van der Waals surface area contributed by atoms with Crippen LogP contribution < -0.4 is 5.56 Å². The fourth-order valence-electron chi connectivity index (χ4n) is 1.12. The number of hydrogen-bond acceptors (Lipinski definition) is 1. The van der Waals surface area contributed by atoms with Crippen molar-refractivity contribution >= 4 is 0 Å². The number of nitrogens with zero attached hydrogens (tertiary/aromatic N) is 1. The zero-order chi connectivity index (χ0) is 9.35.